The van der Waals surface area contributed by atoms with Crippen LogP contribution in [0.2, 0.25) is 0 Å². The quantitative estimate of drug-likeness (QED) is 0.918. The van der Waals surface area contributed by atoms with Crippen molar-refractivity contribution < 1.29 is 4.52 Å². The van der Waals surface area contributed by atoms with Gasteiger partial charge in [-0.05, 0) is 29.5 Å². The Balaban J connectivity index is 2.25. The van der Waals surface area contributed by atoms with Crippen molar-refractivity contribution in [2.24, 2.45) is 11.1 Å². The summed E-state index contributed by atoms with van der Waals surface area (Å²) >= 11 is 0. The highest BCUT2D eigenvalue weighted by atomic mass is 16.5. The van der Waals surface area contributed by atoms with E-state index < -0.39 is 0 Å². The zero-order chi connectivity index (χ0) is 14.0. The Bertz CT molecular complexity index is 537. The molecule has 1 aromatic heterocycles. The molecule has 0 radical (unpaired) electrons. The van der Waals surface area contributed by atoms with Crippen LogP contribution in [-0.2, 0) is 6.42 Å². The number of nitrogens with zero attached hydrogens (tertiary/aromatic N) is 2. The minimum atomic E-state index is -0.236. The summed E-state index contributed by atoms with van der Waals surface area (Å²) in [4.78, 5) is 4.40. The van der Waals surface area contributed by atoms with Gasteiger partial charge in [0, 0.05) is 5.56 Å². The minimum absolute atomic E-state index is 0.0901. The zero-order valence-electron chi connectivity index (χ0n) is 12.0. The predicted molar refractivity (Wildman–Crippen MR) is 75.5 cm³/mol. The number of nitrogens with two attached hydrogens (primary N) is 1. The first-order valence-corrected chi connectivity index (χ1v) is 6.60. The van der Waals surface area contributed by atoms with E-state index in [4.69, 9.17) is 10.3 Å². The van der Waals surface area contributed by atoms with Crippen LogP contribution in [0.3, 0.4) is 0 Å². The Kier molecular flexibility index (Phi) is 3.71. The molecular formula is C15H21N3O. The summed E-state index contributed by atoms with van der Waals surface area (Å²) < 4.78 is 5.30. The lowest BCUT2D eigenvalue weighted by molar-refractivity contribution is 0.303. The molecule has 0 fully saturated rings. The third-order valence-electron chi connectivity index (χ3n) is 3.26. The highest BCUT2D eigenvalue weighted by molar-refractivity contribution is 5.53. The smallest absolute Gasteiger partial charge is 0.257 e. The standard InChI is InChI=1S/C15H21N3O/c1-5-10-6-8-11(9-7-10)14-17-13(18-19-14)12(16)15(2,3)4/h6-9,12H,5,16H2,1-4H3. The van der Waals surface area contributed by atoms with Gasteiger partial charge in [-0.25, -0.2) is 0 Å². The third kappa shape index (κ3) is 3.01. The van der Waals surface area contributed by atoms with Crippen molar-refractivity contribution in [1.29, 1.82) is 0 Å². The molecule has 0 spiro atoms. The van der Waals surface area contributed by atoms with Crippen LogP contribution in [0, 0.1) is 5.41 Å². The lowest BCUT2D eigenvalue weighted by Gasteiger charge is -2.23. The Morgan fingerprint density at radius 2 is 1.84 bits per heavy atom. The van der Waals surface area contributed by atoms with Crippen LogP contribution in [0.5, 0.6) is 0 Å². The number of aromatic nitrogens is 2. The molecule has 4 heteroatoms. The summed E-state index contributed by atoms with van der Waals surface area (Å²) in [5, 5.41) is 3.99. The van der Waals surface area contributed by atoms with Crippen LogP contribution in [-0.4, -0.2) is 10.1 Å². The van der Waals surface area contributed by atoms with Gasteiger partial charge in [0.1, 0.15) is 0 Å². The van der Waals surface area contributed by atoms with Crippen molar-refractivity contribution in [3.8, 4) is 11.5 Å². The summed E-state index contributed by atoms with van der Waals surface area (Å²) in [5.74, 6) is 1.08. The molecule has 0 amide bonds. The fraction of sp³-hybridized carbons (Fsp3) is 0.467. The maximum atomic E-state index is 6.12. The summed E-state index contributed by atoms with van der Waals surface area (Å²) in [6.07, 6.45) is 1.02. The second kappa shape index (κ2) is 5.13. The van der Waals surface area contributed by atoms with Gasteiger partial charge in [0.25, 0.3) is 5.89 Å². The second-order valence-electron chi connectivity index (χ2n) is 5.85. The normalized spacial score (nSPS) is 13.5. The van der Waals surface area contributed by atoms with E-state index in [-0.39, 0.29) is 11.5 Å². The van der Waals surface area contributed by atoms with Crippen LogP contribution < -0.4 is 5.73 Å². The number of rotatable bonds is 3. The van der Waals surface area contributed by atoms with E-state index in [0.29, 0.717) is 11.7 Å². The van der Waals surface area contributed by atoms with Crippen molar-refractivity contribution in [3.05, 3.63) is 35.7 Å². The molecule has 0 saturated heterocycles. The molecule has 0 bridgehead atoms. The second-order valence-corrected chi connectivity index (χ2v) is 5.85. The first-order chi connectivity index (χ1) is 8.91. The SMILES string of the molecule is CCc1ccc(-c2nc(C(N)C(C)(C)C)no2)cc1. The van der Waals surface area contributed by atoms with E-state index in [0.717, 1.165) is 12.0 Å². The van der Waals surface area contributed by atoms with Gasteiger partial charge in [-0.2, -0.15) is 4.98 Å². The van der Waals surface area contributed by atoms with Crippen molar-refractivity contribution in [1.82, 2.24) is 10.1 Å². The molecule has 0 aliphatic heterocycles. The first-order valence-electron chi connectivity index (χ1n) is 6.60. The molecule has 2 rings (SSSR count). The largest absolute Gasteiger partial charge is 0.334 e. The molecule has 1 atom stereocenters. The predicted octanol–water partition coefficient (Wildman–Crippen LogP) is 3.34. The van der Waals surface area contributed by atoms with Crippen LogP contribution in [0.4, 0.5) is 0 Å². The summed E-state index contributed by atoms with van der Waals surface area (Å²) in [6.45, 7) is 8.30. The van der Waals surface area contributed by atoms with Gasteiger partial charge in [-0.1, -0.05) is 45.0 Å². The monoisotopic (exact) mass is 259 g/mol. The van der Waals surface area contributed by atoms with E-state index >= 15 is 0 Å². The highest BCUT2D eigenvalue weighted by Gasteiger charge is 2.27. The van der Waals surface area contributed by atoms with Gasteiger partial charge < -0.3 is 10.3 Å². The molecule has 2 N–H and O–H groups in total. The average Bonchev–Trinajstić information content (AvgIpc) is 2.86. The molecule has 1 aromatic carbocycles. The first kappa shape index (κ1) is 13.7. The van der Waals surface area contributed by atoms with E-state index in [2.05, 4.69) is 50.0 Å². The van der Waals surface area contributed by atoms with Gasteiger partial charge in [0.15, 0.2) is 5.82 Å². The Morgan fingerprint density at radius 3 is 2.37 bits per heavy atom. The third-order valence-corrected chi connectivity index (χ3v) is 3.26. The van der Waals surface area contributed by atoms with Gasteiger partial charge in [-0.3, -0.25) is 0 Å². The Labute approximate surface area is 114 Å². The lowest BCUT2D eigenvalue weighted by Crippen LogP contribution is -2.27. The lowest BCUT2D eigenvalue weighted by atomic mass is 9.87. The van der Waals surface area contributed by atoms with Crippen LogP contribution in [0.15, 0.2) is 28.8 Å². The van der Waals surface area contributed by atoms with Crippen molar-refractivity contribution in [2.75, 3.05) is 0 Å². The summed E-state index contributed by atoms with van der Waals surface area (Å²) in [5.41, 5.74) is 8.25. The van der Waals surface area contributed by atoms with E-state index in [1.807, 2.05) is 12.1 Å². The van der Waals surface area contributed by atoms with Crippen molar-refractivity contribution in [3.63, 3.8) is 0 Å². The molecule has 0 aliphatic carbocycles. The number of hydrogen-bond acceptors (Lipinski definition) is 4. The van der Waals surface area contributed by atoms with Gasteiger partial charge in [-0.15, -0.1) is 0 Å². The zero-order valence-corrected chi connectivity index (χ0v) is 12.0. The number of hydrogen-bond donors (Lipinski definition) is 1. The van der Waals surface area contributed by atoms with E-state index in [1.54, 1.807) is 0 Å². The Hall–Kier alpha value is -1.68. The fourth-order valence-corrected chi connectivity index (χ4v) is 1.75. The molecule has 19 heavy (non-hydrogen) atoms. The molecule has 0 aliphatic rings. The highest BCUT2D eigenvalue weighted by Crippen LogP contribution is 2.29. The maximum absolute atomic E-state index is 6.12. The van der Waals surface area contributed by atoms with Gasteiger partial charge in [0.05, 0.1) is 6.04 Å². The van der Waals surface area contributed by atoms with Crippen molar-refractivity contribution >= 4 is 0 Å². The minimum Gasteiger partial charge on any atom is -0.334 e. The topological polar surface area (TPSA) is 64.9 Å². The average molecular weight is 259 g/mol. The van der Waals surface area contributed by atoms with E-state index in [9.17, 15) is 0 Å². The molecule has 2 aromatic rings. The number of benzene rings is 1. The summed E-state index contributed by atoms with van der Waals surface area (Å²) in [6, 6.07) is 7.91. The maximum Gasteiger partial charge on any atom is 0.257 e. The van der Waals surface area contributed by atoms with Crippen LogP contribution in [0.1, 0.15) is 45.1 Å². The van der Waals surface area contributed by atoms with Crippen LogP contribution in [0.25, 0.3) is 11.5 Å². The molecule has 1 heterocycles. The van der Waals surface area contributed by atoms with Gasteiger partial charge >= 0.3 is 0 Å². The fourth-order valence-electron chi connectivity index (χ4n) is 1.75. The molecule has 102 valence electrons. The van der Waals surface area contributed by atoms with E-state index in [1.165, 1.54) is 5.56 Å². The van der Waals surface area contributed by atoms with Gasteiger partial charge in [0.2, 0.25) is 0 Å². The molecular weight excluding hydrogens is 238 g/mol. The van der Waals surface area contributed by atoms with Crippen molar-refractivity contribution in [2.45, 2.75) is 40.2 Å². The molecule has 4 nitrogen and oxygen atoms in total. The molecule has 0 saturated carbocycles. The van der Waals surface area contributed by atoms with Crippen LogP contribution >= 0.6 is 0 Å². The summed E-state index contributed by atoms with van der Waals surface area (Å²) in [7, 11) is 0. The molecule has 1 unspecified atom stereocenters. The number of aryl methyl sites for hydroxylation is 1. The Morgan fingerprint density at radius 1 is 1.21 bits per heavy atom.